The number of aliphatic hydroxyl groups is 1. The molecule has 1 unspecified atom stereocenters. The van der Waals surface area contributed by atoms with E-state index in [0.717, 1.165) is 21.8 Å². The molecule has 1 aromatic carbocycles. The molecule has 0 aliphatic heterocycles. The van der Waals surface area contributed by atoms with Gasteiger partial charge in [0.1, 0.15) is 0 Å². The molecule has 3 N–H and O–H groups in total. The van der Waals surface area contributed by atoms with Gasteiger partial charge in [0.05, 0.1) is 5.56 Å². The predicted octanol–water partition coefficient (Wildman–Crippen LogP) is 2.82. The molecule has 0 bridgehead atoms. The number of benzene rings is 1. The van der Waals surface area contributed by atoms with Crippen molar-refractivity contribution in [2.45, 2.75) is 25.8 Å². The third kappa shape index (κ3) is 2.98. The van der Waals surface area contributed by atoms with Crippen molar-refractivity contribution >= 4 is 32.7 Å². The third-order valence-corrected chi connectivity index (χ3v) is 3.87. The second-order valence-corrected chi connectivity index (χ2v) is 5.31. The number of hydrogen-bond donors (Lipinski definition) is 3. The van der Waals surface area contributed by atoms with Gasteiger partial charge in [-0.05, 0) is 25.0 Å². The van der Waals surface area contributed by atoms with E-state index in [1.54, 1.807) is 6.20 Å². The average molecular weight is 325 g/mol. The quantitative estimate of drug-likeness (QED) is 0.791. The molecule has 1 atom stereocenters. The monoisotopic (exact) mass is 324 g/mol. The number of aromatic amines is 1. The number of aromatic nitrogens is 1. The van der Waals surface area contributed by atoms with E-state index in [0.29, 0.717) is 12.0 Å². The predicted molar refractivity (Wildman–Crippen MR) is 79.2 cm³/mol. The minimum atomic E-state index is -0.113. The van der Waals surface area contributed by atoms with E-state index >= 15 is 0 Å². The summed E-state index contributed by atoms with van der Waals surface area (Å²) in [6.07, 6.45) is 3.10. The smallest absolute Gasteiger partial charge is 0.253 e. The van der Waals surface area contributed by atoms with Crippen LogP contribution in [0.2, 0.25) is 0 Å². The number of hydrogen-bond acceptors (Lipinski definition) is 2. The Bertz CT molecular complexity index is 580. The normalized spacial score (nSPS) is 12.6. The molecule has 19 heavy (non-hydrogen) atoms. The first-order valence-electron chi connectivity index (χ1n) is 6.34. The molecule has 1 aromatic heterocycles. The lowest BCUT2D eigenvalue weighted by molar-refractivity contribution is 0.0931. The van der Waals surface area contributed by atoms with Crippen molar-refractivity contribution in [1.29, 1.82) is 0 Å². The molecule has 2 aromatic rings. The highest BCUT2D eigenvalue weighted by molar-refractivity contribution is 9.10. The molecule has 0 radical (unpaired) electrons. The van der Waals surface area contributed by atoms with Crippen molar-refractivity contribution in [2.75, 3.05) is 6.61 Å². The lowest BCUT2D eigenvalue weighted by Crippen LogP contribution is -2.34. The van der Waals surface area contributed by atoms with Gasteiger partial charge in [-0.3, -0.25) is 4.79 Å². The van der Waals surface area contributed by atoms with Crippen molar-refractivity contribution in [3.05, 3.63) is 34.4 Å². The zero-order valence-corrected chi connectivity index (χ0v) is 12.3. The highest BCUT2D eigenvalue weighted by atomic mass is 79.9. The summed E-state index contributed by atoms with van der Waals surface area (Å²) < 4.78 is 0.895. The van der Waals surface area contributed by atoms with E-state index in [1.807, 2.05) is 25.1 Å². The summed E-state index contributed by atoms with van der Waals surface area (Å²) in [4.78, 5) is 15.4. The van der Waals surface area contributed by atoms with Gasteiger partial charge in [-0.15, -0.1) is 0 Å². The molecule has 2 rings (SSSR count). The molecule has 1 amide bonds. The lowest BCUT2D eigenvalue weighted by Gasteiger charge is -2.15. The Morgan fingerprint density at radius 3 is 3.00 bits per heavy atom. The largest absolute Gasteiger partial charge is 0.396 e. The Hall–Kier alpha value is -1.33. The molecule has 0 fully saturated rings. The molecule has 0 aliphatic rings. The van der Waals surface area contributed by atoms with E-state index in [1.165, 1.54) is 0 Å². The Labute approximate surface area is 120 Å². The van der Waals surface area contributed by atoms with Crippen LogP contribution in [0, 0.1) is 0 Å². The van der Waals surface area contributed by atoms with Gasteiger partial charge in [0.2, 0.25) is 0 Å². The fraction of sp³-hybridized carbons (Fsp3) is 0.357. The first-order chi connectivity index (χ1) is 9.17. The van der Waals surface area contributed by atoms with Gasteiger partial charge in [-0.1, -0.05) is 28.9 Å². The maximum Gasteiger partial charge on any atom is 0.253 e. The topological polar surface area (TPSA) is 65.1 Å². The number of amides is 1. The van der Waals surface area contributed by atoms with Crippen LogP contribution in [0.25, 0.3) is 10.9 Å². The SMILES string of the molecule is CCC(CCO)NC(=O)c1c[nH]c2cccc(Br)c12. The summed E-state index contributed by atoms with van der Waals surface area (Å²) in [7, 11) is 0. The zero-order chi connectivity index (χ0) is 13.8. The molecular formula is C14H17BrN2O2. The number of aliphatic hydroxyl groups excluding tert-OH is 1. The number of nitrogens with one attached hydrogen (secondary N) is 2. The van der Waals surface area contributed by atoms with Crippen LogP contribution in [0.1, 0.15) is 30.1 Å². The number of carbonyl (C=O) groups excluding carboxylic acids is 1. The third-order valence-electron chi connectivity index (χ3n) is 3.21. The van der Waals surface area contributed by atoms with E-state index in [4.69, 9.17) is 5.11 Å². The zero-order valence-electron chi connectivity index (χ0n) is 10.7. The van der Waals surface area contributed by atoms with Gasteiger partial charge < -0.3 is 15.4 Å². The second kappa shape index (κ2) is 6.21. The fourth-order valence-electron chi connectivity index (χ4n) is 2.12. The van der Waals surface area contributed by atoms with Crippen LogP contribution >= 0.6 is 15.9 Å². The molecule has 102 valence electrons. The number of rotatable bonds is 5. The molecule has 5 heteroatoms. The number of carbonyl (C=O) groups is 1. The van der Waals surface area contributed by atoms with E-state index in [9.17, 15) is 4.79 Å². The number of halogens is 1. The van der Waals surface area contributed by atoms with Crippen molar-refractivity contribution < 1.29 is 9.90 Å². The van der Waals surface area contributed by atoms with Gasteiger partial charge in [-0.2, -0.15) is 0 Å². The molecular weight excluding hydrogens is 308 g/mol. The molecule has 4 nitrogen and oxygen atoms in total. The number of fused-ring (bicyclic) bond motifs is 1. The summed E-state index contributed by atoms with van der Waals surface area (Å²) in [5.74, 6) is -0.113. The summed E-state index contributed by atoms with van der Waals surface area (Å²) in [6.45, 7) is 2.07. The van der Waals surface area contributed by atoms with Crippen molar-refractivity contribution in [3.63, 3.8) is 0 Å². The minimum absolute atomic E-state index is 0.00457. The molecule has 0 saturated heterocycles. The fourth-order valence-corrected chi connectivity index (χ4v) is 2.70. The lowest BCUT2D eigenvalue weighted by atomic mass is 10.1. The van der Waals surface area contributed by atoms with Crippen LogP contribution in [0.3, 0.4) is 0 Å². The van der Waals surface area contributed by atoms with E-state index < -0.39 is 0 Å². The van der Waals surface area contributed by atoms with Gasteiger partial charge in [0.15, 0.2) is 0 Å². The van der Waals surface area contributed by atoms with Gasteiger partial charge in [0, 0.05) is 34.2 Å². The first kappa shape index (κ1) is 14.1. The maximum absolute atomic E-state index is 12.3. The number of H-pyrrole nitrogens is 1. The van der Waals surface area contributed by atoms with Crippen LogP contribution in [0.15, 0.2) is 28.9 Å². The van der Waals surface area contributed by atoms with Crippen molar-refractivity contribution in [3.8, 4) is 0 Å². The highest BCUT2D eigenvalue weighted by Crippen LogP contribution is 2.26. The van der Waals surface area contributed by atoms with E-state index in [-0.39, 0.29) is 18.6 Å². The van der Waals surface area contributed by atoms with Crippen molar-refractivity contribution in [2.24, 2.45) is 0 Å². The molecule has 0 aliphatic carbocycles. The summed E-state index contributed by atoms with van der Waals surface area (Å²) in [5, 5.41) is 12.8. The Balaban J connectivity index is 2.26. The van der Waals surface area contributed by atoms with Crippen LogP contribution in [-0.4, -0.2) is 28.6 Å². The van der Waals surface area contributed by atoms with Crippen LogP contribution < -0.4 is 5.32 Å². The van der Waals surface area contributed by atoms with Crippen molar-refractivity contribution in [1.82, 2.24) is 10.3 Å². The molecule has 0 saturated carbocycles. The molecule has 0 spiro atoms. The first-order valence-corrected chi connectivity index (χ1v) is 7.14. The standard InChI is InChI=1S/C14H17BrN2O2/c1-2-9(6-7-18)17-14(19)10-8-16-12-5-3-4-11(15)13(10)12/h3-5,8-9,16,18H,2,6-7H2,1H3,(H,17,19). The summed E-state index contributed by atoms with van der Waals surface area (Å²) >= 11 is 3.47. The molecule has 1 heterocycles. The van der Waals surface area contributed by atoms with Crippen LogP contribution in [0.4, 0.5) is 0 Å². The maximum atomic E-state index is 12.3. The average Bonchev–Trinajstić information content (AvgIpc) is 2.83. The Morgan fingerprint density at radius 2 is 2.32 bits per heavy atom. The Kier molecular flexibility index (Phi) is 4.61. The second-order valence-electron chi connectivity index (χ2n) is 4.46. The highest BCUT2D eigenvalue weighted by Gasteiger charge is 2.16. The van der Waals surface area contributed by atoms with Crippen LogP contribution in [0.5, 0.6) is 0 Å². The van der Waals surface area contributed by atoms with E-state index in [2.05, 4.69) is 26.2 Å². The van der Waals surface area contributed by atoms with Gasteiger partial charge in [0.25, 0.3) is 5.91 Å². The van der Waals surface area contributed by atoms with Crippen LogP contribution in [-0.2, 0) is 0 Å². The van der Waals surface area contributed by atoms with Gasteiger partial charge in [-0.25, -0.2) is 0 Å². The summed E-state index contributed by atoms with van der Waals surface area (Å²) in [5.41, 5.74) is 1.55. The Morgan fingerprint density at radius 1 is 1.53 bits per heavy atom. The van der Waals surface area contributed by atoms with Gasteiger partial charge >= 0.3 is 0 Å². The minimum Gasteiger partial charge on any atom is -0.396 e. The summed E-state index contributed by atoms with van der Waals surface area (Å²) in [6, 6.07) is 5.77.